The molecule has 2 heterocycles. The number of imide groups is 1. The van der Waals surface area contributed by atoms with E-state index in [0.29, 0.717) is 54.6 Å². The highest BCUT2D eigenvalue weighted by molar-refractivity contribution is 9.10. The third-order valence-corrected chi connectivity index (χ3v) is 13.5. The van der Waals surface area contributed by atoms with E-state index in [0.717, 1.165) is 16.9 Å². The van der Waals surface area contributed by atoms with Gasteiger partial charge >= 0.3 is 12.2 Å². The van der Waals surface area contributed by atoms with Gasteiger partial charge in [0.2, 0.25) is 15.2 Å². The van der Waals surface area contributed by atoms with Crippen LogP contribution in [0, 0.1) is 0 Å². The summed E-state index contributed by atoms with van der Waals surface area (Å²) in [6.07, 6.45) is -2.71. The monoisotopic (exact) mass is 955 g/mol. The second-order valence-corrected chi connectivity index (χ2v) is 18.8. The van der Waals surface area contributed by atoms with Crippen molar-refractivity contribution in [3.05, 3.63) is 124 Å². The number of methoxy groups -OCH3 is 3. The lowest BCUT2D eigenvalue weighted by atomic mass is 9.98. The molecular weight excluding hydrogens is 915 g/mol. The number of carbonyl (C=O) groups is 2. The van der Waals surface area contributed by atoms with Gasteiger partial charge in [0.15, 0.2) is 5.82 Å². The summed E-state index contributed by atoms with van der Waals surface area (Å²) in [6, 6.07) is 30.1. The Bertz CT molecular complexity index is 2830. The van der Waals surface area contributed by atoms with E-state index in [4.69, 9.17) is 18.9 Å². The third kappa shape index (κ3) is 9.81. The van der Waals surface area contributed by atoms with Crippen LogP contribution >= 0.6 is 27.3 Å². The van der Waals surface area contributed by atoms with Crippen LogP contribution in [0.5, 0.6) is 17.2 Å². The number of carbonyl (C=O) groups excluding carboxylic acids is 1. The van der Waals surface area contributed by atoms with Crippen LogP contribution in [0.15, 0.2) is 112 Å². The summed E-state index contributed by atoms with van der Waals surface area (Å²) >= 11 is 4.58. The Balaban J connectivity index is 1.46. The van der Waals surface area contributed by atoms with Crippen molar-refractivity contribution >= 4 is 64.8 Å². The minimum absolute atomic E-state index is 0.0357. The molecule has 0 fully saturated rings. The number of halogens is 1. The Morgan fingerprint density at radius 3 is 1.86 bits per heavy atom. The molecule has 7 rings (SSSR count). The number of nitrogens with zero attached hydrogens (tertiary/aromatic N) is 7. The van der Waals surface area contributed by atoms with E-state index < -0.39 is 27.8 Å². The van der Waals surface area contributed by atoms with Gasteiger partial charge in [-0.1, -0.05) is 65.9 Å². The van der Waals surface area contributed by atoms with Crippen LogP contribution in [0.2, 0.25) is 0 Å². The van der Waals surface area contributed by atoms with Crippen molar-refractivity contribution in [3.63, 3.8) is 0 Å². The molecule has 0 aliphatic rings. The van der Waals surface area contributed by atoms with Gasteiger partial charge in [-0.05, 0) is 118 Å². The van der Waals surface area contributed by atoms with Crippen molar-refractivity contribution in [3.8, 4) is 39.8 Å². The van der Waals surface area contributed by atoms with Crippen LogP contribution in [0.1, 0.15) is 37.5 Å². The lowest BCUT2D eigenvalue weighted by Gasteiger charge is -2.26. The molecule has 0 atom stereocenters. The standard InChI is InChI=1S/C44H42BrN7O9S2/c1-44(2,3)61-43(55)52(42(53)54)41-46-38-34(8-7-9-36(38)62-41)33-22-23-35(45)39(37(33)40-47-48-49-51(40)26-29-14-20-32(60-6)21-15-29)63(56,57)50(24-27-10-16-30(58-4)17-11-27)25-28-12-18-31(59-5)19-13-28/h7-23H,24-26H2,1-6H3,(H,53,54). The lowest BCUT2D eigenvalue weighted by Crippen LogP contribution is -2.40. The largest absolute Gasteiger partial charge is 0.497 e. The van der Waals surface area contributed by atoms with Gasteiger partial charge in [-0.2, -0.15) is 9.21 Å². The number of ether oxygens (including phenoxy) is 4. The van der Waals surface area contributed by atoms with Gasteiger partial charge in [0.05, 0.1) is 43.7 Å². The molecule has 0 aliphatic carbocycles. The van der Waals surface area contributed by atoms with E-state index in [2.05, 4.69) is 36.4 Å². The summed E-state index contributed by atoms with van der Waals surface area (Å²) in [5.41, 5.74) is 2.40. The van der Waals surface area contributed by atoms with Gasteiger partial charge in [-0.3, -0.25) is 0 Å². The van der Waals surface area contributed by atoms with Crippen LogP contribution in [-0.4, -0.2) is 82.1 Å². The van der Waals surface area contributed by atoms with Crippen molar-refractivity contribution < 1.29 is 42.1 Å². The Kier molecular flexibility index (Phi) is 13.1. The zero-order valence-corrected chi connectivity index (χ0v) is 38.2. The Hall–Kier alpha value is -6.41. The summed E-state index contributed by atoms with van der Waals surface area (Å²) in [4.78, 5) is 30.8. The summed E-state index contributed by atoms with van der Waals surface area (Å²) in [5.74, 6) is 1.99. The van der Waals surface area contributed by atoms with Crippen LogP contribution in [0.25, 0.3) is 32.7 Å². The average Bonchev–Trinajstić information content (AvgIpc) is 3.90. The van der Waals surface area contributed by atoms with Gasteiger partial charge < -0.3 is 24.1 Å². The topological polar surface area (TPSA) is 188 Å². The maximum absolute atomic E-state index is 15.7. The van der Waals surface area contributed by atoms with Crippen LogP contribution in [-0.2, 0) is 34.4 Å². The minimum Gasteiger partial charge on any atom is -0.497 e. The SMILES string of the molecule is COc1ccc(CN(Cc2ccc(OC)cc2)S(=O)(=O)c2c(Br)ccc(-c3cccc4sc(N(C(=O)O)C(=O)OC(C)(C)C)nc34)c2-c2nnnn2Cc2ccc(OC)cc2)cc1. The summed E-state index contributed by atoms with van der Waals surface area (Å²) in [6.45, 7) is 4.95. The minimum atomic E-state index is -4.51. The molecule has 1 N–H and O–H groups in total. The second kappa shape index (κ2) is 18.5. The summed E-state index contributed by atoms with van der Waals surface area (Å²) in [7, 11) is 0.168. The molecule has 63 heavy (non-hydrogen) atoms. The number of hydrogen-bond donors (Lipinski definition) is 1. The van der Waals surface area contributed by atoms with E-state index >= 15 is 8.42 Å². The van der Waals surface area contributed by atoms with E-state index in [9.17, 15) is 14.7 Å². The van der Waals surface area contributed by atoms with Gasteiger partial charge in [0.25, 0.3) is 0 Å². The predicted octanol–water partition coefficient (Wildman–Crippen LogP) is 9.26. The Labute approximate surface area is 375 Å². The first-order chi connectivity index (χ1) is 30.1. The Morgan fingerprint density at radius 1 is 0.778 bits per heavy atom. The second-order valence-electron chi connectivity index (χ2n) is 15.0. The number of sulfonamides is 1. The number of tetrazole rings is 1. The molecule has 5 aromatic carbocycles. The van der Waals surface area contributed by atoms with E-state index in [1.165, 1.54) is 8.99 Å². The predicted molar refractivity (Wildman–Crippen MR) is 241 cm³/mol. The van der Waals surface area contributed by atoms with Gasteiger partial charge in [0, 0.05) is 23.1 Å². The zero-order chi connectivity index (χ0) is 45.1. The summed E-state index contributed by atoms with van der Waals surface area (Å²) < 4.78 is 56.5. The van der Waals surface area contributed by atoms with Crippen molar-refractivity contribution in [1.29, 1.82) is 0 Å². The molecular formula is C44H42BrN7O9S2. The molecule has 7 aromatic rings. The number of benzene rings is 5. The zero-order valence-electron chi connectivity index (χ0n) is 35.0. The highest BCUT2D eigenvalue weighted by Crippen LogP contribution is 2.45. The van der Waals surface area contributed by atoms with Gasteiger partial charge in [0.1, 0.15) is 27.7 Å². The van der Waals surface area contributed by atoms with Crippen LogP contribution in [0.3, 0.4) is 0 Å². The quantitative estimate of drug-likeness (QED) is 0.109. The molecule has 16 nitrogen and oxygen atoms in total. The van der Waals surface area contributed by atoms with Crippen LogP contribution in [0.4, 0.5) is 14.7 Å². The maximum Gasteiger partial charge on any atom is 0.426 e. The average molecular weight is 957 g/mol. The molecule has 0 bridgehead atoms. The highest BCUT2D eigenvalue weighted by Gasteiger charge is 2.36. The van der Waals surface area contributed by atoms with E-state index in [1.54, 1.807) is 133 Å². The molecule has 2 aromatic heterocycles. The normalized spacial score (nSPS) is 11.7. The molecule has 0 saturated heterocycles. The maximum atomic E-state index is 15.7. The number of anilines is 1. The highest BCUT2D eigenvalue weighted by atomic mass is 79.9. The molecule has 0 spiro atoms. The fourth-order valence-electron chi connectivity index (χ4n) is 6.67. The van der Waals surface area contributed by atoms with Crippen molar-refractivity contribution in [2.75, 3.05) is 26.2 Å². The fraction of sp³-hybridized carbons (Fsp3) is 0.227. The fourth-order valence-corrected chi connectivity index (χ4v) is 10.3. The number of fused-ring (bicyclic) bond motifs is 1. The number of thiazole rings is 1. The molecule has 0 unspecified atom stereocenters. The van der Waals surface area contributed by atoms with Gasteiger partial charge in [-0.25, -0.2) is 27.7 Å². The summed E-state index contributed by atoms with van der Waals surface area (Å²) in [5, 5.41) is 22.9. The van der Waals surface area contributed by atoms with E-state index in [1.807, 2.05) is 12.1 Å². The third-order valence-electron chi connectivity index (χ3n) is 9.65. The smallest absolute Gasteiger partial charge is 0.426 e. The number of hydrogen-bond acceptors (Lipinski definition) is 13. The molecule has 326 valence electrons. The molecule has 2 amide bonds. The van der Waals surface area contributed by atoms with Crippen molar-refractivity contribution in [2.24, 2.45) is 0 Å². The number of aromatic nitrogens is 5. The van der Waals surface area contributed by atoms with Crippen molar-refractivity contribution in [1.82, 2.24) is 29.5 Å². The molecule has 19 heteroatoms. The number of carboxylic acid groups (broad SMARTS) is 1. The number of para-hydroxylation sites is 1. The lowest BCUT2D eigenvalue weighted by molar-refractivity contribution is 0.0582. The van der Waals surface area contributed by atoms with Crippen LogP contribution < -0.4 is 19.1 Å². The Morgan fingerprint density at radius 2 is 1.33 bits per heavy atom. The van der Waals surface area contributed by atoms with Crippen molar-refractivity contribution in [2.45, 2.75) is 50.9 Å². The number of rotatable bonds is 14. The van der Waals surface area contributed by atoms with Gasteiger partial charge in [-0.15, -0.1) is 5.10 Å². The van der Waals surface area contributed by atoms with E-state index in [-0.39, 0.29) is 45.5 Å². The first-order valence-corrected chi connectivity index (χ1v) is 22.3. The first-order valence-electron chi connectivity index (χ1n) is 19.2. The first kappa shape index (κ1) is 44.6. The molecule has 0 aliphatic heterocycles. The molecule has 0 saturated carbocycles. The number of amides is 2. The molecule has 0 radical (unpaired) electrons.